The first kappa shape index (κ1) is 11.4. The first-order chi connectivity index (χ1) is 7.95. The summed E-state index contributed by atoms with van der Waals surface area (Å²) >= 11 is 0. The van der Waals surface area contributed by atoms with Crippen molar-refractivity contribution in [3.8, 4) is 5.75 Å². The highest BCUT2D eigenvalue weighted by Crippen LogP contribution is 2.10. The molecule has 0 aliphatic carbocycles. The normalized spacial score (nSPS) is 19.9. The second kappa shape index (κ2) is 6.45. The molecule has 0 aromatic carbocycles. The average molecular weight is 222 g/mol. The fourth-order valence-electron chi connectivity index (χ4n) is 1.74. The summed E-state index contributed by atoms with van der Waals surface area (Å²) in [7, 11) is 0. The predicted octanol–water partition coefficient (Wildman–Crippen LogP) is 1.23. The lowest BCUT2D eigenvalue weighted by molar-refractivity contribution is 0.109. The lowest BCUT2D eigenvalue weighted by Crippen LogP contribution is -2.29. The highest BCUT2D eigenvalue weighted by molar-refractivity contribution is 5.15. The molecule has 0 saturated carbocycles. The summed E-state index contributed by atoms with van der Waals surface area (Å²) < 4.78 is 11.0. The summed E-state index contributed by atoms with van der Waals surface area (Å²) in [6.07, 6.45) is 6.23. The molecule has 2 rings (SSSR count). The number of hydrogen-bond acceptors (Lipinski definition) is 4. The van der Waals surface area contributed by atoms with Crippen molar-refractivity contribution >= 4 is 0 Å². The van der Waals surface area contributed by atoms with Crippen molar-refractivity contribution < 1.29 is 9.47 Å². The Balaban J connectivity index is 1.52. The minimum atomic E-state index is 0.401. The van der Waals surface area contributed by atoms with E-state index in [0.717, 1.165) is 25.4 Å². The Hall–Kier alpha value is -1.13. The zero-order valence-electron chi connectivity index (χ0n) is 9.39. The summed E-state index contributed by atoms with van der Waals surface area (Å²) in [6, 6.07) is 3.78. The van der Waals surface area contributed by atoms with Crippen molar-refractivity contribution in [3.05, 3.63) is 24.5 Å². The summed E-state index contributed by atoms with van der Waals surface area (Å²) in [5.41, 5.74) is 0. The Kier molecular flexibility index (Phi) is 4.58. The molecule has 4 heteroatoms. The van der Waals surface area contributed by atoms with Gasteiger partial charge >= 0.3 is 0 Å². The monoisotopic (exact) mass is 222 g/mol. The number of pyridine rings is 1. The van der Waals surface area contributed by atoms with Crippen LogP contribution in [0.15, 0.2) is 24.5 Å². The number of ether oxygens (including phenoxy) is 2. The molecule has 2 heterocycles. The van der Waals surface area contributed by atoms with Crippen molar-refractivity contribution in [2.24, 2.45) is 0 Å². The van der Waals surface area contributed by atoms with Crippen molar-refractivity contribution in [3.63, 3.8) is 0 Å². The average Bonchev–Trinajstić information content (AvgIpc) is 2.83. The van der Waals surface area contributed by atoms with E-state index in [4.69, 9.17) is 9.47 Å². The molecule has 1 atom stereocenters. The number of rotatable bonds is 6. The summed E-state index contributed by atoms with van der Waals surface area (Å²) in [5.74, 6) is 0.821. The van der Waals surface area contributed by atoms with Crippen molar-refractivity contribution in [2.75, 3.05) is 26.3 Å². The largest absolute Gasteiger partial charge is 0.491 e. The number of aromatic nitrogens is 1. The van der Waals surface area contributed by atoms with Gasteiger partial charge in [0.05, 0.1) is 12.3 Å². The van der Waals surface area contributed by atoms with Crippen LogP contribution in [0.5, 0.6) is 5.75 Å². The van der Waals surface area contributed by atoms with Crippen molar-refractivity contribution in [2.45, 2.75) is 18.9 Å². The molecule has 0 amide bonds. The van der Waals surface area contributed by atoms with Crippen molar-refractivity contribution in [1.82, 2.24) is 10.3 Å². The lowest BCUT2D eigenvalue weighted by Gasteiger charge is -2.11. The maximum Gasteiger partial charge on any atom is 0.137 e. The van der Waals surface area contributed by atoms with Crippen LogP contribution in [0.3, 0.4) is 0 Å². The molecule has 1 aromatic heterocycles. The Morgan fingerprint density at radius 2 is 2.56 bits per heavy atom. The van der Waals surface area contributed by atoms with Gasteiger partial charge in [-0.25, -0.2) is 0 Å². The third-order valence-electron chi connectivity index (χ3n) is 2.58. The van der Waals surface area contributed by atoms with Gasteiger partial charge in [0.2, 0.25) is 0 Å². The molecule has 1 aromatic rings. The van der Waals surface area contributed by atoms with E-state index in [1.165, 1.54) is 12.8 Å². The molecule has 1 unspecified atom stereocenters. The molecular formula is C12H18N2O2. The number of nitrogens with zero attached hydrogens (tertiary/aromatic N) is 1. The molecule has 1 fully saturated rings. The van der Waals surface area contributed by atoms with Gasteiger partial charge in [-0.1, -0.05) is 0 Å². The standard InChI is InChI=1S/C12H18N2O2/c1-3-11(9-13-5-1)16-8-6-14-10-12-4-2-7-15-12/h1,3,5,9,12,14H,2,4,6-8,10H2. The summed E-state index contributed by atoms with van der Waals surface area (Å²) in [5, 5.41) is 3.33. The van der Waals surface area contributed by atoms with Crippen LogP contribution < -0.4 is 10.1 Å². The molecule has 1 aliphatic rings. The van der Waals surface area contributed by atoms with E-state index in [1.807, 2.05) is 12.1 Å². The van der Waals surface area contributed by atoms with Gasteiger partial charge in [-0.05, 0) is 25.0 Å². The van der Waals surface area contributed by atoms with Gasteiger partial charge in [0.15, 0.2) is 0 Å². The Labute approximate surface area is 96.0 Å². The minimum absolute atomic E-state index is 0.401. The predicted molar refractivity (Wildman–Crippen MR) is 61.6 cm³/mol. The van der Waals surface area contributed by atoms with Crippen LogP contribution >= 0.6 is 0 Å². The molecule has 0 bridgehead atoms. The molecule has 88 valence electrons. The van der Waals surface area contributed by atoms with Crippen LogP contribution in [-0.4, -0.2) is 37.4 Å². The molecule has 16 heavy (non-hydrogen) atoms. The van der Waals surface area contributed by atoms with Crippen molar-refractivity contribution in [1.29, 1.82) is 0 Å². The maximum absolute atomic E-state index is 5.50. The van der Waals surface area contributed by atoms with Crippen LogP contribution in [0.25, 0.3) is 0 Å². The van der Waals surface area contributed by atoms with Crippen LogP contribution in [0.4, 0.5) is 0 Å². The third kappa shape index (κ3) is 3.79. The molecule has 0 spiro atoms. The topological polar surface area (TPSA) is 43.4 Å². The zero-order valence-corrected chi connectivity index (χ0v) is 9.39. The SMILES string of the molecule is c1cncc(OCCNCC2CCCO2)c1. The number of nitrogens with one attached hydrogen (secondary N) is 1. The van der Waals surface area contributed by atoms with Gasteiger partial charge in [0.25, 0.3) is 0 Å². The first-order valence-electron chi connectivity index (χ1n) is 5.80. The van der Waals surface area contributed by atoms with Crippen LogP contribution in [-0.2, 0) is 4.74 Å². The summed E-state index contributed by atoms with van der Waals surface area (Å²) in [4.78, 5) is 3.98. The molecule has 0 radical (unpaired) electrons. The number of hydrogen-bond donors (Lipinski definition) is 1. The third-order valence-corrected chi connectivity index (χ3v) is 2.58. The Bertz CT molecular complexity index is 286. The quantitative estimate of drug-likeness (QED) is 0.735. The van der Waals surface area contributed by atoms with E-state index in [2.05, 4.69) is 10.3 Å². The van der Waals surface area contributed by atoms with E-state index in [0.29, 0.717) is 12.7 Å². The fourth-order valence-corrected chi connectivity index (χ4v) is 1.74. The van der Waals surface area contributed by atoms with Gasteiger partial charge in [0, 0.05) is 25.9 Å². The molecule has 1 aliphatic heterocycles. The fraction of sp³-hybridized carbons (Fsp3) is 0.583. The second-order valence-electron chi connectivity index (χ2n) is 3.88. The molecule has 4 nitrogen and oxygen atoms in total. The first-order valence-corrected chi connectivity index (χ1v) is 5.80. The van der Waals surface area contributed by atoms with Gasteiger partial charge in [-0.3, -0.25) is 4.98 Å². The van der Waals surface area contributed by atoms with E-state index in [9.17, 15) is 0 Å². The van der Waals surface area contributed by atoms with Gasteiger partial charge < -0.3 is 14.8 Å². The Morgan fingerprint density at radius 3 is 3.31 bits per heavy atom. The van der Waals surface area contributed by atoms with Crippen LogP contribution in [0.2, 0.25) is 0 Å². The van der Waals surface area contributed by atoms with Crippen LogP contribution in [0, 0.1) is 0 Å². The highest BCUT2D eigenvalue weighted by Gasteiger charge is 2.13. The maximum atomic E-state index is 5.50. The van der Waals surface area contributed by atoms with Crippen LogP contribution in [0.1, 0.15) is 12.8 Å². The van der Waals surface area contributed by atoms with E-state index in [-0.39, 0.29) is 0 Å². The van der Waals surface area contributed by atoms with E-state index >= 15 is 0 Å². The minimum Gasteiger partial charge on any atom is -0.491 e. The lowest BCUT2D eigenvalue weighted by atomic mass is 10.2. The van der Waals surface area contributed by atoms with Gasteiger partial charge in [0.1, 0.15) is 12.4 Å². The highest BCUT2D eigenvalue weighted by atomic mass is 16.5. The molecule has 1 N–H and O–H groups in total. The summed E-state index contributed by atoms with van der Waals surface area (Å²) in [6.45, 7) is 3.35. The van der Waals surface area contributed by atoms with E-state index < -0.39 is 0 Å². The molecule has 1 saturated heterocycles. The Morgan fingerprint density at radius 1 is 1.56 bits per heavy atom. The van der Waals surface area contributed by atoms with Gasteiger partial charge in [-0.2, -0.15) is 0 Å². The molecular weight excluding hydrogens is 204 g/mol. The van der Waals surface area contributed by atoms with Gasteiger partial charge in [-0.15, -0.1) is 0 Å². The van der Waals surface area contributed by atoms with E-state index in [1.54, 1.807) is 12.4 Å². The zero-order chi connectivity index (χ0) is 11.1. The second-order valence-corrected chi connectivity index (χ2v) is 3.88. The smallest absolute Gasteiger partial charge is 0.137 e.